The molecule has 1 atom stereocenters. The molecule has 0 amide bonds. The molecule has 0 spiro atoms. The van der Waals surface area contributed by atoms with Gasteiger partial charge in [-0.15, -0.1) is 0 Å². The normalized spacial score (nSPS) is 14.3. The summed E-state index contributed by atoms with van der Waals surface area (Å²) in [5, 5.41) is 9.72. The molecule has 1 unspecified atom stereocenters. The van der Waals surface area contributed by atoms with Crippen molar-refractivity contribution in [2.75, 3.05) is 13.2 Å². The molecule has 0 aliphatic carbocycles. The quantitative estimate of drug-likeness (QED) is 0.674. The Kier molecular flexibility index (Phi) is 7.03. The second-order valence-electron chi connectivity index (χ2n) is 5.32. The van der Waals surface area contributed by atoms with E-state index in [9.17, 15) is 9.50 Å². The van der Waals surface area contributed by atoms with E-state index in [1.165, 1.54) is 31.4 Å². The molecular weight excluding hydrogens is 241 g/mol. The van der Waals surface area contributed by atoms with Crippen LogP contribution in [0.1, 0.15) is 51.0 Å². The lowest BCUT2D eigenvalue weighted by Crippen LogP contribution is -2.39. The minimum atomic E-state index is -0.492. The molecule has 0 aliphatic rings. The summed E-state index contributed by atoms with van der Waals surface area (Å²) in [6.45, 7) is 2.51. The van der Waals surface area contributed by atoms with Crippen molar-refractivity contribution in [2.24, 2.45) is 5.73 Å². The van der Waals surface area contributed by atoms with Crippen LogP contribution in [0.5, 0.6) is 0 Å². The Morgan fingerprint density at radius 1 is 1.21 bits per heavy atom. The molecule has 0 fully saturated rings. The zero-order chi connectivity index (χ0) is 14.1. The summed E-state index contributed by atoms with van der Waals surface area (Å²) in [5.74, 6) is -0.269. The van der Waals surface area contributed by atoms with Crippen molar-refractivity contribution in [1.29, 1.82) is 0 Å². The highest BCUT2D eigenvalue weighted by atomic mass is 19.1. The summed E-state index contributed by atoms with van der Waals surface area (Å²) in [6, 6.07) is 6.46. The van der Waals surface area contributed by atoms with Crippen LogP contribution in [-0.2, 0) is 5.41 Å². The predicted octanol–water partition coefficient (Wildman–Crippen LogP) is 3.38. The molecule has 0 saturated carbocycles. The monoisotopic (exact) mass is 267 g/mol. The molecule has 1 aromatic rings. The summed E-state index contributed by atoms with van der Waals surface area (Å²) in [5.41, 5.74) is 6.18. The van der Waals surface area contributed by atoms with Crippen LogP contribution in [0.2, 0.25) is 0 Å². The van der Waals surface area contributed by atoms with E-state index >= 15 is 0 Å². The van der Waals surface area contributed by atoms with Crippen molar-refractivity contribution >= 4 is 0 Å². The predicted molar refractivity (Wildman–Crippen MR) is 77.6 cm³/mol. The molecule has 3 heteroatoms. The molecule has 0 aromatic heterocycles. The number of halogens is 1. The van der Waals surface area contributed by atoms with E-state index < -0.39 is 5.41 Å². The zero-order valence-electron chi connectivity index (χ0n) is 11.9. The maximum atomic E-state index is 13.3. The average molecular weight is 267 g/mol. The average Bonchev–Trinajstić information content (AvgIpc) is 2.43. The van der Waals surface area contributed by atoms with Gasteiger partial charge < -0.3 is 10.8 Å². The number of hydrogen-bond acceptors (Lipinski definition) is 2. The first-order chi connectivity index (χ1) is 9.18. The third-order valence-corrected chi connectivity index (χ3v) is 3.89. The van der Waals surface area contributed by atoms with Gasteiger partial charge >= 0.3 is 0 Å². The van der Waals surface area contributed by atoms with Crippen molar-refractivity contribution < 1.29 is 9.50 Å². The van der Waals surface area contributed by atoms with Gasteiger partial charge in [-0.2, -0.15) is 0 Å². The molecule has 19 heavy (non-hydrogen) atoms. The van der Waals surface area contributed by atoms with Crippen LogP contribution in [0.25, 0.3) is 0 Å². The van der Waals surface area contributed by atoms with Gasteiger partial charge in [0.05, 0.1) is 6.61 Å². The fourth-order valence-electron chi connectivity index (χ4n) is 2.48. The molecule has 1 aromatic carbocycles. The van der Waals surface area contributed by atoms with Crippen LogP contribution in [0.15, 0.2) is 24.3 Å². The van der Waals surface area contributed by atoms with Gasteiger partial charge in [0.1, 0.15) is 5.82 Å². The van der Waals surface area contributed by atoms with Gasteiger partial charge in [-0.25, -0.2) is 4.39 Å². The molecule has 0 aliphatic heterocycles. The van der Waals surface area contributed by atoms with Crippen LogP contribution in [-0.4, -0.2) is 18.3 Å². The van der Waals surface area contributed by atoms with Gasteiger partial charge in [-0.05, 0) is 24.1 Å². The Morgan fingerprint density at radius 2 is 1.95 bits per heavy atom. The molecule has 108 valence electrons. The Morgan fingerprint density at radius 3 is 2.53 bits per heavy atom. The van der Waals surface area contributed by atoms with Gasteiger partial charge in [-0.3, -0.25) is 0 Å². The van der Waals surface area contributed by atoms with Crippen molar-refractivity contribution in [2.45, 2.75) is 50.9 Å². The maximum Gasteiger partial charge on any atom is 0.123 e. The third-order valence-electron chi connectivity index (χ3n) is 3.89. The van der Waals surface area contributed by atoms with E-state index in [0.29, 0.717) is 6.54 Å². The van der Waals surface area contributed by atoms with E-state index in [-0.39, 0.29) is 12.4 Å². The lowest BCUT2D eigenvalue weighted by molar-refractivity contribution is 0.184. The van der Waals surface area contributed by atoms with E-state index in [0.717, 1.165) is 24.8 Å². The summed E-state index contributed by atoms with van der Waals surface area (Å²) in [7, 11) is 0. The highest BCUT2D eigenvalue weighted by Gasteiger charge is 2.29. The summed E-state index contributed by atoms with van der Waals surface area (Å²) in [6.07, 6.45) is 6.65. The highest BCUT2D eigenvalue weighted by molar-refractivity contribution is 5.27. The molecular formula is C16H26FNO. The highest BCUT2D eigenvalue weighted by Crippen LogP contribution is 2.29. The molecule has 0 heterocycles. The SMILES string of the molecule is CCCCCCCC(CN)(CO)c1cccc(F)c1. The Bertz CT molecular complexity index is 364. The summed E-state index contributed by atoms with van der Waals surface area (Å²) >= 11 is 0. The third kappa shape index (κ3) is 4.59. The molecule has 0 bridgehead atoms. The molecule has 1 rings (SSSR count). The minimum Gasteiger partial charge on any atom is -0.395 e. The fourth-order valence-corrected chi connectivity index (χ4v) is 2.48. The largest absolute Gasteiger partial charge is 0.395 e. The van der Waals surface area contributed by atoms with Crippen LogP contribution >= 0.6 is 0 Å². The van der Waals surface area contributed by atoms with E-state index in [1.807, 2.05) is 6.07 Å². The van der Waals surface area contributed by atoms with Crippen LogP contribution in [0.3, 0.4) is 0 Å². The van der Waals surface area contributed by atoms with Gasteiger partial charge in [0, 0.05) is 12.0 Å². The minimum absolute atomic E-state index is 0.0271. The first kappa shape index (κ1) is 16.1. The lowest BCUT2D eigenvalue weighted by atomic mass is 9.77. The molecule has 0 saturated heterocycles. The van der Waals surface area contributed by atoms with E-state index in [1.54, 1.807) is 6.07 Å². The topological polar surface area (TPSA) is 46.2 Å². The second-order valence-corrected chi connectivity index (χ2v) is 5.32. The Hall–Kier alpha value is -0.930. The maximum absolute atomic E-state index is 13.3. The summed E-state index contributed by atoms with van der Waals surface area (Å²) < 4.78 is 13.3. The molecule has 3 N–H and O–H groups in total. The number of benzene rings is 1. The van der Waals surface area contributed by atoms with Gasteiger partial charge in [0.2, 0.25) is 0 Å². The standard InChI is InChI=1S/C16H26FNO/c1-2-3-4-5-6-10-16(12-18,13-19)14-8-7-9-15(17)11-14/h7-9,11,19H,2-6,10,12-13,18H2,1H3. The smallest absolute Gasteiger partial charge is 0.123 e. The van der Waals surface area contributed by atoms with Gasteiger partial charge in [0.15, 0.2) is 0 Å². The van der Waals surface area contributed by atoms with Crippen LogP contribution in [0.4, 0.5) is 4.39 Å². The molecule has 0 radical (unpaired) electrons. The van der Waals surface area contributed by atoms with Crippen LogP contribution < -0.4 is 5.73 Å². The van der Waals surface area contributed by atoms with E-state index in [4.69, 9.17) is 5.73 Å². The number of hydrogen-bond donors (Lipinski definition) is 2. The fraction of sp³-hybridized carbons (Fsp3) is 0.625. The number of nitrogens with two attached hydrogens (primary N) is 1. The number of aliphatic hydroxyl groups excluding tert-OH is 1. The number of rotatable bonds is 9. The van der Waals surface area contributed by atoms with Gasteiger partial charge in [0.25, 0.3) is 0 Å². The summed E-state index contributed by atoms with van der Waals surface area (Å²) in [4.78, 5) is 0. The van der Waals surface area contributed by atoms with Crippen molar-refractivity contribution in [3.05, 3.63) is 35.6 Å². The Labute approximate surface area is 115 Å². The second kappa shape index (κ2) is 8.28. The van der Waals surface area contributed by atoms with Crippen molar-refractivity contribution in [3.63, 3.8) is 0 Å². The number of unbranched alkanes of at least 4 members (excludes halogenated alkanes) is 4. The first-order valence-corrected chi connectivity index (χ1v) is 7.25. The van der Waals surface area contributed by atoms with Gasteiger partial charge in [-0.1, -0.05) is 51.2 Å². The zero-order valence-corrected chi connectivity index (χ0v) is 11.9. The Balaban J connectivity index is 2.68. The van der Waals surface area contributed by atoms with E-state index in [2.05, 4.69) is 6.92 Å². The number of aliphatic hydroxyl groups is 1. The van der Waals surface area contributed by atoms with Crippen LogP contribution in [0, 0.1) is 5.82 Å². The first-order valence-electron chi connectivity index (χ1n) is 7.25. The van der Waals surface area contributed by atoms with Crippen molar-refractivity contribution in [3.8, 4) is 0 Å². The molecule has 2 nitrogen and oxygen atoms in total. The lowest BCUT2D eigenvalue weighted by Gasteiger charge is -2.31. The van der Waals surface area contributed by atoms with Crippen molar-refractivity contribution in [1.82, 2.24) is 0 Å².